The summed E-state index contributed by atoms with van der Waals surface area (Å²) < 4.78 is 1.77. The predicted molar refractivity (Wildman–Crippen MR) is 119 cm³/mol. The highest BCUT2D eigenvalue weighted by Crippen LogP contribution is 2.30. The lowest BCUT2D eigenvalue weighted by molar-refractivity contribution is -0.125. The molecule has 1 saturated heterocycles. The maximum atomic E-state index is 12.7. The largest absolute Gasteiger partial charge is 0.354 e. The lowest BCUT2D eigenvalue weighted by Gasteiger charge is -2.25. The van der Waals surface area contributed by atoms with Crippen molar-refractivity contribution in [3.05, 3.63) is 65.7 Å². The van der Waals surface area contributed by atoms with E-state index in [4.69, 9.17) is 5.10 Å². The average molecular weight is 415 g/mol. The third-order valence-electron chi connectivity index (χ3n) is 5.86. The Morgan fingerprint density at radius 3 is 2.74 bits per heavy atom. The van der Waals surface area contributed by atoms with Gasteiger partial charge in [0, 0.05) is 24.7 Å². The van der Waals surface area contributed by atoms with Crippen molar-refractivity contribution in [1.29, 1.82) is 0 Å². The molecule has 158 valence electrons. The van der Waals surface area contributed by atoms with Crippen LogP contribution in [0, 0.1) is 0 Å². The summed E-state index contributed by atoms with van der Waals surface area (Å²) in [4.78, 5) is 26.2. The maximum Gasteiger partial charge on any atom is 0.239 e. The molecule has 0 spiro atoms. The van der Waals surface area contributed by atoms with Gasteiger partial charge in [-0.1, -0.05) is 30.3 Å². The molecule has 0 unspecified atom stereocenters. The highest BCUT2D eigenvalue weighted by molar-refractivity contribution is 5.93. The Hall–Kier alpha value is -3.45. The van der Waals surface area contributed by atoms with Crippen LogP contribution in [0.2, 0.25) is 0 Å². The number of piperazine rings is 1. The second-order valence-corrected chi connectivity index (χ2v) is 8.11. The highest BCUT2D eigenvalue weighted by Gasteiger charge is 2.20. The zero-order valence-electron chi connectivity index (χ0n) is 17.3. The van der Waals surface area contributed by atoms with Gasteiger partial charge in [-0.3, -0.25) is 14.5 Å². The zero-order valence-corrected chi connectivity index (χ0v) is 17.3. The number of anilines is 1. The van der Waals surface area contributed by atoms with Gasteiger partial charge >= 0.3 is 0 Å². The number of amides is 2. The molecule has 1 aliphatic carbocycles. The van der Waals surface area contributed by atoms with Gasteiger partial charge in [0.05, 0.1) is 24.5 Å². The fraction of sp³-hybridized carbons (Fsp3) is 0.292. The first kappa shape index (κ1) is 19.5. The second kappa shape index (κ2) is 8.35. The number of carbonyl (C=O) groups is 2. The molecule has 0 saturated carbocycles. The first-order valence-corrected chi connectivity index (χ1v) is 10.7. The smallest absolute Gasteiger partial charge is 0.239 e. The maximum absolute atomic E-state index is 12.7. The number of para-hydroxylation sites is 1. The number of hydrogen-bond donors (Lipinski definition) is 2. The van der Waals surface area contributed by atoms with Crippen molar-refractivity contribution in [2.75, 3.05) is 31.5 Å². The van der Waals surface area contributed by atoms with Crippen LogP contribution < -0.4 is 10.6 Å². The number of carbonyl (C=O) groups excluding carboxylic acids is 2. The van der Waals surface area contributed by atoms with E-state index in [-0.39, 0.29) is 24.9 Å². The van der Waals surface area contributed by atoms with Gasteiger partial charge in [0.2, 0.25) is 11.8 Å². The molecule has 1 aromatic heterocycles. The Labute approximate surface area is 181 Å². The van der Waals surface area contributed by atoms with E-state index in [1.807, 2.05) is 41.3 Å². The van der Waals surface area contributed by atoms with Crippen molar-refractivity contribution >= 4 is 17.6 Å². The fourth-order valence-electron chi connectivity index (χ4n) is 4.32. The minimum atomic E-state index is -0.160. The van der Waals surface area contributed by atoms with E-state index >= 15 is 0 Å². The molecule has 1 fully saturated rings. The molecular weight excluding hydrogens is 390 g/mol. The van der Waals surface area contributed by atoms with Crippen LogP contribution >= 0.6 is 0 Å². The van der Waals surface area contributed by atoms with Crippen LogP contribution in [0.3, 0.4) is 0 Å². The number of hydrogen-bond acceptors (Lipinski definition) is 4. The molecule has 31 heavy (non-hydrogen) atoms. The molecule has 2 aliphatic rings. The van der Waals surface area contributed by atoms with Crippen molar-refractivity contribution < 1.29 is 9.59 Å². The molecule has 3 aromatic rings. The average Bonchev–Trinajstić information content (AvgIpc) is 3.41. The van der Waals surface area contributed by atoms with Crippen LogP contribution in [0.15, 0.2) is 54.6 Å². The number of aromatic nitrogens is 2. The van der Waals surface area contributed by atoms with Gasteiger partial charge in [-0.15, -0.1) is 0 Å². The van der Waals surface area contributed by atoms with Gasteiger partial charge in [-0.2, -0.15) is 5.10 Å². The van der Waals surface area contributed by atoms with Gasteiger partial charge in [0.25, 0.3) is 0 Å². The van der Waals surface area contributed by atoms with Crippen LogP contribution in [-0.4, -0.2) is 52.7 Å². The lowest BCUT2D eigenvalue weighted by atomic mass is 10.0. The number of aryl methyl sites for hydroxylation is 2. The third-order valence-corrected chi connectivity index (χ3v) is 5.86. The minimum Gasteiger partial charge on any atom is -0.354 e. The summed E-state index contributed by atoms with van der Waals surface area (Å²) in [7, 11) is 0. The third kappa shape index (κ3) is 4.22. The standard InChI is InChI=1S/C24H25N5O2/c30-23-15-28(12-11-25-23)16-24(31)26-22-14-21(27-29(22)20-7-2-1-3-8-20)19-10-9-17-5-4-6-18(17)13-19/h1-3,7-10,13-14H,4-6,11-12,15-16H2,(H,25,30)(H,26,31). The Morgan fingerprint density at radius 2 is 1.90 bits per heavy atom. The van der Waals surface area contributed by atoms with E-state index < -0.39 is 0 Å². The van der Waals surface area contributed by atoms with Gasteiger partial charge in [0.1, 0.15) is 5.82 Å². The fourth-order valence-corrected chi connectivity index (χ4v) is 4.32. The summed E-state index contributed by atoms with van der Waals surface area (Å²) in [5.41, 5.74) is 5.57. The molecule has 5 rings (SSSR count). The van der Waals surface area contributed by atoms with Crippen LogP contribution in [0.5, 0.6) is 0 Å². The first-order chi connectivity index (χ1) is 15.2. The lowest BCUT2D eigenvalue weighted by Crippen LogP contribution is -2.49. The highest BCUT2D eigenvalue weighted by atomic mass is 16.2. The van der Waals surface area contributed by atoms with E-state index in [0.29, 0.717) is 18.9 Å². The number of nitrogens with zero attached hydrogens (tertiary/aromatic N) is 3. The van der Waals surface area contributed by atoms with Crippen molar-refractivity contribution in [3.8, 4) is 16.9 Å². The molecule has 7 heteroatoms. The molecule has 7 nitrogen and oxygen atoms in total. The van der Waals surface area contributed by atoms with Crippen LogP contribution in [0.4, 0.5) is 5.82 Å². The SMILES string of the molecule is O=C1CN(CC(=O)Nc2cc(-c3ccc4c(c3)CCC4)nn2-c2ccccc2)CCN1. The number of rotatable bonds is 5. The molecule has 1 aliphatic heterocycles. The van der Waals surface area contributed by atoms with Crippen molar-refractivity contribution in [1.82, 2.24) is 20.0 Å². The van der Waals surface area contributed by atoms with Gasteiger partial charge in [-0.05, 0) is 48.6 Å². The summed E-state index contributed by atoms with van der Waals surface area (Å²) in [6.07, 6.45) is 3.45. The normalized spacial score (nSPS) is 16.1. The van der Waals surface area contributed by atoms with Gasteiger partial charge in [-0.25, -0.2) is 4.68 Å². The Balaban J connectivity index is 1.43. The van der Waals surface area contributed by atoms with Gasteiger partial charge in [0.15, 0.2) is 0 Å². The second-order valence-electron chi connectivity index (χ2n) is 8.11. The Bertz CT molecular complexity index is 1120. The van der Waals surface area contributed by atoms with Crippen LogP contribution in [-0.2, 0) is 22.4 Å². The van der Waals surface area contributed by atoms with Crippen LogP contribution in [0.1, 0.15) is 17.5 Å². The Morgan fingerprint density at radius 1 is 1.06 bits per heavy atom. The first-order valence-electron chi connectivity index (χ1n) is 10.7. The van der Waals surface area contributed by atoms with E-state index in [9.17, 15) is 9.59 Å². The molecule has 2 aromatic carbocycles. The molecule has 2 amide bonds. The molecule has 2 N–H and O–H groups in total. The molecular formula is C24H25N5O2. The molecule has 0 atom stereocenters. The topological polar surface area (TPSA) is 79.3 Å². The summed E-state index contributed by atoms with van der Waals surface area (Å²) >= 11 is 0. The van der Waals surface area contributed by atoms with E-state index in [0.717, 1.165) is 29.8 Å². The summed E-state index contributed by atoms with van der Waals surface area (Å²) in [6.45, 7) is 1.64. The zero-order chi connectivity index (χ0) is 21.2. The summed E-state index contributed by atoms with van der Waals surface area (Å²) in [5.74, 6) is 0.410. The minimum absolute atomic E-state index is 0.0488. The Kier molecular flexibility index (Phi) is 5.26. The predicted octanol–water partition coefficient (Wildman–Crippen LogP) is 2.40. The summed E-state index contributed by atoms with van der Waals surface area (Å²) in [5, 5.41) is 10.6. The quantitative estimate of drug-likeness (QED) is 0.671. The number of benzene rings is 2. The molecule has 2 heterocycles. The monoisotopic (exact) mass is 415 g/mol. The van der Waals surface area contributed by atoms with Crippen molar-refractivity contribution in [2.45, 2.75) is 19.3 Å². The summed E-state index contributed by atoms with van der Waals surface area (Å²) in [6, 6.07) is 18.2. The number of nitrogens with one attached hydrogen (secondary N) is 2. The molecule has 0 radical (unpaired) electrons. The van der Waals surface area contributed by atoms with E-state index in [1.165, 1.54) is 17.5 Å². The van der Waals surface area contributed by atoms with Crippen molar-refractivity contribution in [2.24, 2.45) is 0 Å². The van der Waals surface area contributed by atoms with E-state index in [2.05, 4.69) is 28.8 Å². The van der Waals surface area contributed by atoms with E-state index in [1.54, 1.807) is 4.68 Å². The number of fused-ring (bicyclic) bond motifs is 1. The van der Waals surface area contributed by atoms with Gasteiger partial charge < -0.3 is 10.6 Å². The van der Waals surface area contributed by atoms with Crippen LogP contribution in [0.25, 0.3) is 16.9 Å². The molecule has 0 bridgehead atoms. The van der Waals surface area contributed by atoms with Crippen molar-refractivity contribution in [3.63, 3.8) is 0 Å².